The Labute approximate surface area is 88.8 Å². The van der Waals surface area contributed by atoms with Crippen LogP contribution in [0.4, 0.5) is 0 Å². The summed E-state index contributed by atoms with van der Waals surface area (Å²) in [6, 6.07) is 0. The van der Waals surface area contributed by atoms with E-state index in [-0.39, 0.29) is 17.3 Å². The van der Waals surface area contributed by atoms with Crippen LogP contribution in [0.15, 0.2) is 12.2 Å². The van der Waals surface area contributed by atoms with Crippen molar-refractivity contribution >= 4 is 0 Å². The quantitative estimate of drug-likeness (QED) is 0.468. The van der Waals surface area contributed by atoms with Gasteiger partial charge in [0.1, 0.15) is 0 Å². The van der Waals surface area contributed by atoms with Crippen LogP contribution in [0, 0.1) is 41.9 Å². The van der Waals surface area contributed by atoms with Gasteiger partial charge in [0, 0.05) is 11.8 Å². The fourth-order valence-corrected chi connectivity index (χ4v) is 1.40. The zero-order valence-corrected chi connectivity index (χ0v) is 9.72. The summed E-state index contributed by atoms with van der Waals surface area (Å²) in [7, 11) is 0. The summed E-state index contributed by atoms with van der Waals surface area (Å²) in [5.41, 5.74) is 0.995. The van der Waals surface area contributed by atoms with Crippen LogP contribution in [0.25, 0.3) is 0 Å². The fourth-order valence-electron chi connectivity index (χ4n) is 1.40. The Morgan fingerprint density at radius 1 is 1.36 bits per heavy atom. The van der Waals surface area contributed by atoms with Crippen molar-refractivity contribution in [1.29, 1.82) is 0 Å². The Kier molecular flexibility index (Phi) is 4.52. The van der Waals surface area contributed by atoms with Gasteiger partial charge >= 0.3 is 0 Å². The van der Waals surface area contributed by atoms with Gasteiger partial charge in [-0.15, -0.1) is 18.8 Å². The van der Waals surface area contributed by atoms with Crippen molar-refractivity contribution in [3.05, 3.63) is 12.2 Å². The average Bonchev–Trinajstić information content (AvgIpc) is 2.18. The largest absolute Gasteiger partial charge is 0.120 e. The first-order chi connectivity index (χ1) is 6.41. The van der Waals surface area contributed by atoms with Gasteiger partial charge in [-0.1, -0.05) is 45.8 Å². The maximum absolute atomic E-state index is 5.46. The Bertz CT molecular complexity index is 280. The van der Waals surface area contributed by atoms with Gasteiger partial charge in [-0.25, -0.2) is 0 Å². The van der Waals surface area contributed by atoms with Gasteiger partial charge in [-0.2, -0.15) is 0 Å². The second-order valence-electron chi connectivity index (χ2n) is 4.26. The topological polar surface area (TPSA) is 0 Å². The number of hydrogen-bond donors (Lipinski definition) is 0. The van der Waals surface area contributed by atoms with Crippen LogP contribution in [0.3, 0.4) is 0 Å². The third kappa shape index (κ3) is 2.43. The van der Waals surface area contributed by atoms with E-state index in [1.165, 1.54) is 0 Å². The molecule has 0 aromatic rings. The van der Waals surface area contributed by atoms with Crippen LogP contribution >= 0.6 is 0 Å². The van der Waals surface area contributed by atoms with Gasteiger partial charge in [-0.3, -0.25) is 0 Å². The molecule has 2 unspecified atom stereocenters. The van der Waals surface area contributed by atoms with Gasteiger partial charge in [0.25, 0.3) is 0 Å². The molecule has 0 heteroatoms. The number of hydrogen-bond acceptors (Lipinski definition) is 0. The van der Waals surface area contributed by atoms with Gasteiger partial charge in [-0.05, 0) is 11.8 Å². The molecule has 0 aliphatic carbocycles. The highest BCUT2D eigenvalue weighted by Crippen LogP contribution is 2.38. The molecule has 0 aromatic carbocycles. The number of terminal acetylenes is 2. The van der Waals surface area contributed by atoms with E-state index in [0.29, 0.717) is 0 Å². The van der Waals surface area contributed by atoms with E-state index >= 15 is 0 Å². The number of rotatable bonds is 4. The molecule has 0 saturated carbocycles. The molecular weight excluding hydrogens is 168 g/mol. The SMILES string of the molecule is C#CC(CC)C(=C)C(C)(C)C(C)C#C. The van der Waals surface area contributed by atoms with Crippen LogP contribution in [-0.2, 0) is 0 Å². The molecule has 0 aromatic heterocycles. The highest BCUT2D eigenvalue weighted by molar-refractivity contribution is 5.23. The standard InChI is InChI=1S/C14H20/c1-8-11(4)14(6,7)12(5)13(9-2)10-3/h1-2,11,13H,5,10H2,3-4,6-7H3. The molecule has 0 N–H and O–H groups in total. The second kappa shape index (κ2) is 4.92. The normalized spacial score (nSPS) is 15.0. The van der Waals surface area contributed by atoms with Crippen LogP contribution in [0.1, 0.15) is 34.1 Å². The highest BCUT2D eigenvalue weighted by atomic mass is 14.3. The minimum Gasteiger partial charge on any atom is -0.120 e. The Morgan fingerprint density at radius 3 is 2.14 bits per heavy atom. The molecule has 0 heterocycles. The van der Waals surface area contributed by atoms with E-state index in [2.05, 4.69) is 39.2 Å². The minimum absolute atomic E-state index is 0.0816. The lowest BCUT2D eigenvalue weighted by molar-refractivity contribution is 0.328. The lowest BCUT2D eigenvalue weighted by Crippen LogP contribution is -2.26. The summed E-state index contributed by atoms with van der Waals surface area (Å²) in [5, 5.41) is 0. The molecule has 0 fully saturated rings. The maximum Gasteiger partial charge on any atom is 0.0409 e. The lowest BCUT2D eigenvalue weighted by Gasteiger charge is -2.33. The van der Waals surface area contributed by atoms with E-state index < -0.39 is 0 Å². The Balaban J connectivity index is 4.86. The summed E-state index contributed by atoms with van der Waals surface area (Å²) in [4.78, 5) is 0. The lowest BCUT2D eigenvalue weighted by atomic mass is 9.70. The zero-order valence-electron chi connectivity index (χ0n) is 9.72. The first kappa shape index (κ1) is 12.9. The number of allylic oxidation sites excluding steroid dienone is 1. The van der Waals surface area contributed by atoms with Crippen molar-refractivity contribution in [2.24, 2.45) is 17.3 Å². The predicted molar refractivity (Wildman–Crippen MR) is 63.5 cm³/mol. The predicted octanol–water partition coefficient (Wildman–Crippen LogP) is 3.50. The van der Waals surface area contributed by atoms with Crippen molar-refractivity contribution in [3.63, 3.8) is 0 Å². The zero-order chi connectivity index (χ0) is 11.4. The molecule has 0 saturated heterocycles. The summed E-state index contributed by atoms with van der Waals surface area (Å²) >= 11 is 0. The minimum atomic E-state index is -0.0816. The summed E-state index contributed by atoms with van der Waals surface area (Å²) < 4.78 is 0. The van der Waals surface area contributed by atoms with Gasteiger partial charge in [0.15, 0.2) is 0 Å². The smallest absolute Gasteiger partial charge is 0.0409 e. The third-order valence-corrected chi connectivity index (χ3v) is 3.19. The average molecular weight is 188 g/mol. The molecule has 14 heavy (non-hydrogen) atoms. The van der Waals surface area contributed by atoms with E-state index in [0.717, 1.165) is 12.0 Å². The maximum atomic E-state index is 5.46. The monoisotopic (exact) mass is 188 g/mol. The summed E-state index contributed by atoms with van der Waals surface area (Å²) in [6.07, 6.45) is 11.8. The van der Waals surface area contributed by atoms with E-state index in [9.17, 15) is 0 Å². The first-order valence-corrected chi connectivity index (χ1v) is 5.03. The summed E-state index contributed by atoms with van der Waals surface area (Å²) in [5.74, 6) is 5.83. The van der Waals surface area contributed by atoms with Crippen molar-refractivity contribution in [3.8, 4) is 24.7 Å². The summed E-state index contributed by atoms with van der Waals surface area (Å²) in [6.45, 7) is 12.4. The Morgan fingerprint density at radius 2 is 1.86 bits per heavy atom. The molecule has 0 radical (unpaired) electrons. The van der Waals surface area contributed by atoms with Crippen molar-refractivity contribution in [2.75, 3.05) is 0 Å². The van der Waals surface area contributed by atoms with Crippen LogP contribution in [-0.4, -0.2) is 0 Å². The van der Waals surface area contributed by atoms with E-state index in [1.807, 2.05) is 6.92 Å². The molecule has 0 spiro atoms. The van der Waals surface area contributed by atoms with E-state index in [1.54, 1.807) is 0 Å². The third-order valence-electron chi connectivity index (χ3n) is 3.19. The van der Waals surface area contributed by atoms with Gasteiger partial charge < -0.3 is 0 Å². The van der Waals surface area contributed by atoms with Crippen LogP contribution in [0.2, 0.25) is 0 Å². The molecule has 0 nitrogen and oxygen atoms in total. The highest BCUT2D eigenvalue weighted by Gasteiger charge is 2.30. The van der Waals surface area contributed by atoms with Crippen molar-refractivity contribution < 1.29 is 0 Å². The molecule has 0 amide bonds. The van der Waals surface area contributed by atoms with Crippen molar-refractivity contribution in [2.45, 2.75) is 34.1 Å². The first-order valence-electron chi connectivity index (χ1n) is 5.03. The van der Waals surface area contributed by atoms with E-state index in [4.69, 9.17) is 12.8 Å². The van der Waals surface area contributed by atoms with Gasteiger partial charge in [0.05, 0.1) is 0 Å². The molecule has 0 rings (SSSR count). The Hall–Kier alpha value is -1.14. The molecule has 0 aliphatic rings. The molecule has 2 atom stereocenters. The van der Waals surface area contributed by atoms with Gasteiger partial charge in [0.2, 0.25) is 0 Å². The molecule has 0 bridgehead atoms. The van der Waals surface area contributed by atoms with Crippen molar-refractivity contribution in [1.82, 2.24) is 0 Å². The molecule has 76 valence electrons. The fraction of sp³-hybridized carbons (Fsp3) is 0.571. The molecular formula is C14H20. The second-order valence-corrected chi connectivity index (χ2v) is 4.26. The van der Waals surface area contributed by atoms with Crippen LogP contribution < -0.4 is 0 Å². The van der Waals surface area contributed by atoms with Crippen LogP contribution in [0.5, 0.6) is 0 Å². The molecule has 0 aliphatic heterocycles.